The van der Waals surface area contributed by atoms with E-state index < -0.39 is 0 Å². The molecule has 1 aliphatic carbocycles. The Balaban J connectivity index is 1.87. The molecule has 0 amide bonds. The second-order valence-electron chi connectivity index (χ2n) is 9.01. The average molecular weight is 481 g/mol. The van der Waals surface area contributed by atoms with Crippen LogP contribution in [-0.2, 0) is 6.42 Å². The van der Waals surface area contributed by atoms with Crippen molar-refractivity contribution >= 4 is 40.3 Å². The summed E-state index contributed by atoms with van der Waals surface area (Å²) in [6, 6.07) is 24.1. The number of Topliss-reactive ketones (excluding diaryl/α,β-unsaturated/α-hetero) is 1. The lowest BCUT2D eigenvalue weighted by Gasteiger charge is -2.27. The molecule has 5 rings (SSSR count). The van der Waals surface area contributed by atoms with Gasteiger partial charge in [-0.25, -0.2) is 0 Å². The number of rotatable bonds is 4. The summed E-state index contributed by atoms with van der Waals surface area (Å²) in [4.78, 5) is 16.8. The molecule has 6 heteroatoms. The molecule has 166 valence electrons. The Morgan fingerprint density at radius 1 is 0.824 bits per heavy atom. The van der Waals surface area contributed by atoms with Gasteiger partial charge in [0.25, 0.3) is 0 Å². The van der Waals surface area contributed by atoms with Crippen molar-refractivity contribution in [1.82, 2.24) is 0 Å². The van der Waals surface area contributed by atoms with Gasteiger partial charge in [-0.05, 0) is 29.7 Å². The highest BCUT2D eigenvalue weighted by molar-refractivity contribution is 8.02. The molecule has 4 aromatic rings. The first-order valence-corrected chi connectivity index (χ1v) is 12.5. The smallest absolute Gasteiger partial charge is 0.167 e. The van der Waals surface area contributed by atoms with E-state index in [1.807, 2.05) is 74.5 Å². The van der Waals surface area contributed by atoms with E-state index in [0.29, 0.717) is 40.0 Å². The lowest BCUT2D eigenvalue weighted by molar-refractivity contribution is 0.0905. The number of carbonyl (C=O) groups excluding carboxylic acids is 1. The summed E-state index contributed by atoms with van der Waals surface area (Å²) >= 11 is 2.93. The number of fused-ring (bicyclic) bond motifs is 3. The van der Waals surface area contributed by atoms with Crippen molar-refractivity contribution in [3.8, 4) is 12.1 Å². The van der Waals surface area contributed by atoms with Crippen LogP contribution in [0.4, 0.5) is 0 Å². The van der Waals surface area contributed by atoms with Gasteiger partial charge in [-0.1, -0.05) is 73.8 Å². The maximum atomic E-state index is 13.4. The van der Waals surface area contributed by atoms with Crippen molar-refractivity contribution in [2.24, 2.45) is 5.41 Å². The van der Waals surface area contributed by atoms with E-state index in [2.05, 4.69) is 12.1 Å². The second-order valence-corrected chi connectivity index (χ2v) is 11.2. The van der Waals surface area contributed by atoms with Crippen molar-refractivity contribution in [3.05, 3.63) is 83.1 Å². The maximum Gasteiger partial charge on any atom is 0.167 e. The van der Waals surface area contributed by atoms with Crippen LogP contribution in [0, 0.1) is 28.1 Å². The van der Waals surface area contributed by atoms with Crippen LogP contribution in [0.25, 0.3) is 11.0 Å². The zero-order valence-electron chi connectivity index (χ0n) is 18.7. The second kappa shape index (κ2) is 8.72. The minimum atomic E-state index is -0.225. The SMILES string of the molecule is CC1(C)CC(=O)c2c(oc3c(C#N)c(C#N)c(Sc4ccccc4)c(Sc4ccccc4)c23)C1. The molecular formula is C28H20N2O2S2. The Labute approximate surface area is 206 Å². The molecular weight excluding hydrogens is 460 g/mol. The molecule has 0 aliphatic heterocycles. The summed E-state index contributed by atoms with van der Waals surface area (Å²) in [6.07, 6.45) is 1.01. The summed E-state index contributed by atoms with van der Waals surface area (Å²) in [5.74, 6) is 0.623. The van der Waals surface area contributed by atoms with Crippen LogP contribution in [0.3, 0.4) is 0 Å². The summed E-state index contributed by atoms with van der Waals surface area (Å²) in [6.45, 7) is 4.09. The topological polar surface area (TPSA) is 77.8 Å². The van der Waals surface area contributed by atoms with Gasteiger partial charge >= 0.3 is 0 Å². The van der Waals surface area contributed by atoms with Gasteiger partial charge in [0.05, 0.1) is 11.1 Å². The number of hydrogen-bond acceptors (Lipinski definition) is 6. The number of carbonyl (C=O) groups is 1. The minimum absolute atomic E-state index is 0.0178. The molecule has 0 saturated heterocycles. The van der Waals surface area contributed by atoms with Crippen LogP contribution in [0.2, 0.25) is 0 Å². The fourth-order valence-electron chi connectivity index (χ4n) is 4.39. The molecule has 4 nitrogen and oxygen atoms in total. The van der Waals surface area contributed by atoms with E-state index in [0.717, 1.165) is 14.7 Å². The Morgan fingerprint density at radius 3 is 1.94 bits per heavy atom. The van der Waals surface area contributed by atoms with Crippen molar-refractivity contribution in [2.45, 2.75) is 46.3 Å². The van der Waals surface area contributed by atoms with Gasteiger partial charge in [0.1, 0.15) is 23.5 Å². The molecule has 0 atom stereocenters. The predicted molar refractivity (Wildman–Crippen MR) is 133 cm³/mol. The first-order valence-electron chi connectivity index (χ1n) is 10.9. The normalized spacial score (nSPS) is 14.4. The highest BCUT2D eigenvalue weighted by Crippen LogP contribution is 2.50. The van der Waals surface area contributed by atoms with E-state index in [1.165, 1.54) is 23.5 Å². The number of ketones is 1. The summed E-state index contributed by atoms with van der Waals surface area (Å²) in [7, 11) is 0. The Bertz CT molecular complexity index is 1510. The summed E-state index contributed by atoms with van der Waals surface area (Å²) in [5, 5.41) is 20.9. The van der Waals surface area contributed by atoms with Crippen LogP contribution in [0.5, 0.6) is 0 Å². The molecule has 0 unspecified atom stereocenters. The molecule has 0 saturated carbocycles. The van der Waals surface area contributed by atoms with E-state index in [4.69, 9.17) is 4.42 Å². The number of furan rings is 1. The van der Waals surface area contributed by atoms with Crippen LogP contribution < -0.4 is 0 Å². The van der Waals surface area contributed by atoms with E-state index >= 15 is 0 Å². The highest BCUT2D eigenvalue weighted by atomic mass is 32.2. The maximum absolute atomic E-state index is 13.4. The van der Waals surface area contributed by atoms with Crippen molar-refractivity contribution < 1.29 is 9.21 Å². The van der Waals surface area contributed by atoms with Gasteiger partial charge in [-0.2, -0.15) is 10.5 Å². The number of nitrogens with zero attached hydrogens (tertiary/aromatic N) is 2. The van der Waals surface area contributed by atoms with Crippen molar-refractivity contribution in [2.75, 3.05) is 0 Å². The predicted octanol–water partition coefficient (Wildman–Crippen LogP) is 7.63. The number of benzene rings is 3. The van der Waals surface area contributed by atoms with Gasteiger partial charge in [-0.3, -0.25) is 4.79 Å². The van der Waals surface area contributed by atoms with Gasteiger partial charge in [0, 0.05) is 37.8 Å². The largest absolute Gasteiger partial charge is 0.459 e. The molecule has 1 heterocycles. The third-order valence-corrected chi connectivity index (χ3v) is 8.20. The highest BCUT2D eigenvalue weighted by Gasteiger charge is 2.38. The zero-order chi connectivity index (χ0) is 23.9. The monoisotopic (exact) mass is 480 g/mol. The van der Waals surface area contributed by atoms with Crippen molar-refractivity contribution in [3.63, 3.8) is 0 Å². The van der Waals surface area contributed by atoms with E-state index in [-0.39, 0.29) is 22.3 Å². The molecule has 3 aromatic carbocycles. The van der Waals surface area contributed by atoms with E-state index in [1.54, 1.807) is 0 Å². The quantitative estimate of drug-likeness (QED) is 0.299. The average Bonchev–Trinajstić information content (AvgIpc) is 3.19. The number of nitriles is 2. The third-order valence-electron chi connectivity index (χ3n) is 5.83. The Kier molecular flexibility index (Phi) is 5.73. The lowest BCUT2D eigenvalue weighted by atomic mass is 9.76. The number of hydrogen-bond donors (Lipinski definition) is 0. The Morgan fingerprint density at radius 2 is 1.38 bits per heavy atom. The fourth-order valence-corrected chi connectivity index (χ4v) is 6.63. The first kappa shape index (κ1) is 22.3. The summed E-state index contributed by atoms with van der Waals surface area (Å²) in [5.41, 5.74) is 1.14. The van der Waals surface area contributed by atoms with Crippen LogP contribution in [-0.4, -0.2) is 5.78 Å². The van der Waals surface area contributed by atoms with Gasteiger partial charge in [0.2, 0.25) is 0 Å². The Hall–Kier alpha value is -3.45. The van der Waals surface area contributed by atoms with Gasteiger partial charge < -0.3 is 4.42 Å². The molecule has 0 N–H and O–H groups in total. The van der Waals surface area contributed by atoms with Crippen LogP contribution in [0.1, 0.15) is 47.5 Å². The molecule has 0 bridgehead atoms. The molecule has 0 fully saturated rings. The minimum Gasteiger partial charge on any atom is -0.459 e. The fraction of sp³-hybridized carbons (Fsp3) is 0.179. The van der Waals surface area contributed by atoms with Crippen molar-refractivity contribution in [1.29, 1.82) is 10.5 Å². The first-order chi connectivity index (χ1) is 16.4. The summed E-state index contributed by atoms with van der Waals surface area (Å²) < 4.78 is 6.23. The van der Waals surface area contributed by atoms with Crippen LogP contribution >= 0.6 is 23.5 Å². The lowest BCUT2D eigenvalue weighted by Crippen LogP contribution is -2.26. The molecule has 1 aromatic heterocycles. The van der Waals surface area contributed by atoms with Gasteiger partial charge in [0.15, 0.2) is 11.4 Å². The molecule has 1 aliphatic rings. The zero-order valence-corrected chi connectivity index (χ0v) is 20.3. The molecule has 0 spiro atoms. The standard InChI is InChI=1S/C28H20N2O2S2/c1-28(2)13-21(31)23-22(14-28)32-25-19(15-29)20(16-30)26(33-17-9-5-3-6-10-17)27(24(23)25)34-18-11-7-4-8-12-18/h3-12H,13-14H2,1-2H3. The molecule has 34 heavy (non-hydrogen) atoms. The van der Waals surface area contributed by atoms with Gasteiger partial charge in [-0.15, -0.1) is 0 Å². The van der Waals surface area contributed by atoms with E-state index in [9.17, 15) is 15.3 Å². The van der Waals surface area contributed by atoms with Crippen LogP contribution in [0.15, 0.2) is 84.7 Å². The molecule has 0 radical (unpaired) electrons. The third kappa shape index (κ3) is 3.90.